The lowest BCUT2D eigenvalue weighted by atomic mass is 10.1. The summed E-state index contributed by atoms with van der Waals surface area (Å²) in [5.41, 5.74) is 0.353. The third-order valence-electron chi connectivity index (χ3n) is 3.12. The van der Waals surface area contributed by atoms with Gasteiger partial charge in [-0.2, -0.15) is 4.72 Å². The second kappa shape index (κ2) is 7.56. The van der Waals surface area contributed by atoms with Crippen LogP contribution in [0.2, 0.25) is 0 Å². The average molecular weight is 342 g/mol. The zero-order valence-corrected chi connectivity index (χ0v) is 14.4. The summed E-state index contributed by atoms with van der Waals surface area (Å²) in [6.45, 7) is 3.62. The molecule has 1 rings (SSSR count). The maximum Gasteiger partial charge on any atom is 0.321 e. The Kier molecular flexibility index (Phi) is 6.28. The number of nitrogens with zero attached hydrogens (tertiary/aromatic N) is 1. The van der Waals surface area contributed by atoms with Crippen LogP contribution in [0.25, 0.3) is 0 Å². The molecule has 0 aliphatic carbocycles. The van der Waals surface area contributed by atoms with Crippen LogP contribution >= 0.6 is 0 Å². The van der Waals surface area contributed by atoms with Crippen LogP contribution in [0.15, 0.2) is 29.2 Å². The Bertz CT molecular complexity index is 666. The smallest absolute Gasteiger partial charge is 0.321 e. The Balaban J connectivity index is 2.99. The fourth-order valence-corrected chi connectivity index (χ4v) is 3.16. The molecule has 1 amide bonds. The van der Waals surface area contributed by atoms with Crippen molar-refractivity contribution in [2.24, 2.45) is 5.92 Å². The van der Waals surface area contributed by atoms with Crippen molar-refractivity contribution in [3.63, 3.8) is 0 Å². The van der Waals surface area contributed by atoms with Crippen molar-refractivity contribution >= 4 is 21.9 Å². The molecule has 0 aliphatic heterocycles. The number of carboxylic acids is 1. The molecule has 1 atom stereocenters. The number of carboxylic acid groups (broad SMARTS) is 1. The fraction of sp³-hybridized carbons (Fsp3) is 0.467. The highest BCUT2D eigenvalue weighted by Crippen LogP contribution is 2.14. The highest BCUT2D eigenvalue weighted by molar-refractivity contribution is 7.89. The normalized spacial score (nSPS) is 12.9. The molecule has 0 bridgehead atoms. The van der Waals surface area contributed by atoms with E-state index in [-0.39, 0.29) is 23.1 Å². The molecular weight excluding hydrogens is 320 g/mol. The second-order valence-corrected chi connectivity index (χ2v) is 7.58. The highest BCUT2D eigenvalue weighted by Gasteiger charge is 2.26. The van der Waals surface area contributed by atoms with Gasteiger partial charge in [0.25, 0.3) is 5.91 Å². The van der Waals surface area contributed by atoms with E-state index in [0.717, 1.165) is 0 Å². The molecule has 2 N–H and O–H groups in total. The maximum atomic E-state index is 12.3. The van der Waals surface area contributed by atoms with E-state index in [2.05, 4.69) is 4.72 Å². The monoisotopic (exact) mass is 342 g/mol. The van der Waals surface area contributed by atoms with Gasteiger partial charge in [0.15, 0.2) is 0 Å². The summed E-state index contributed by atoms with van der Waals surface area (Å²) in [5, 5.41) is 9.13. The number of amides is 1. The minimum atomic E-state index is -3.97. The molecule has 8 heteroatoms. The lowest BCUT2D eigenvalue weighted by Gasteiger charge is -2.17. The van der Waals surface area contributed by atoms with Crippen LogP contribution in [-0.2, 0) is 14.8 Å². The summed E-state index contributed by atoms with van der Waals surface area (Å²) in [6, 6.07) is 4.17. The lowest BCUT2D eigenvalue weighted by Crippen LogP contribution is -2.41. The third-order valence-corrected chi connectivity index (χ3v) is 4.61. The molecule has 0 heterocycles. The van der Waals surface area contributed by atoms with Crippen molar-refractivity contribution in [1.29, 1.82) is 0 Å². The molecule has 0 saturated carbocycles. The van der Waals surface area contributed by atoms with E-state index in [1.54, 1.807) is 14.1 Å². The molecule has 0 aromatic heterocycles. The standard InChI is InChI=1S/C15H22N2O5S/c1-10(2)9-13(15(19)20)16-23(21,22)12-7-5-11(6-8-12)14(18)17(3)4/h5-8,10,13,16H,9H2,1-4H3,(H,19,20). The molecular formula is C15H22N2O5S. The summed E-state index contributed by atoms with van der Waals surface area (Å²) in [4.78, 5) is 24.3. The number of sulfonamides is 1. The Morgan fingerprint density at radius 2 is 1.70 bits per heavy atom. The Morgan fingerprint density at radius 3 is 2.09 bits per heavy atom. The minimum absolute atomic E-state index is 0.0267. The van der Waals surface area contributed by atoms with Crippen LogP contribution in [0.1, 0.15) is 30.6 Å². The van der Waals surface area contributed by atoms with Gasteiger partial charge in [-0.15, -0.1) is 0 Å². The van der Waals surface area contributed by atoms with Crippen LogP contribution in [0.5, 0.6) is 0 Å². The van der Waals surface area contributed by atoms with Crippen molar-refractivity contribution < 1.29 is 23.1 Å². The fourth-order valence-electron chi connectivity index (χ4n) is 1.96. The molecule has 23 heavy (non-hydrogen) atoms. The summed E-state index contributed by atoms with van der Waals surface area (Å²) >= 11 is 0. The molecule has 0 saturated heterocycles. The van der Waals surface area contributed by atoms with Crippen LogP contribution < -0.4 is 4.72 Å². The highest BCUT2D eigenvalue weighted by atomic mass is 32.2. The zero-order chi connectivity index (χ0) is 17.8. The van der Waals surface area contributed by atoms with E-state index >= 15 is 0 Å². The van der Waals surface area contributed by atoms with E-state index in [4.69, 9.17) is 5.11 Å². The SMILES string of the molecule is CC(C)CC(NS(=O)(=O)c1ccc(C(=O)N(C)C)cc1)C(=O)O. The molecule has 7 nitrogen and oxygen atoms in total. The molecule has 1 unspecified atom stereocenters. The number of nitrogens with one attached hydrogen (secondary N) is 1. The molecule has 0 aliphatic rings. The second-order valence-electron chi connectivity index (χ2n) is 5.87. The first-order valence-corrected chi connectivity index (χ1v) is 8.59. The van der Waals surface area contributed by atoms with E-state index < -0.39 is 22.0 Å². The summed E-state index contributed by atoms with van der Waals surface area (Å²) in [7, 11) is -0.778. The van der Waals surface area contributed by atoms with Gasteiger partial charge in [0.05, 0.1) is 4.90 Å². The van der Waals surface area contributed by atoms with Crippen molar-refractivity contribution in [3.05, 3.63) is 29.8 Å². The number of hydrogen-bond donors (Lipinski definition) is 2. The van der Waals surface area contributed by atoms with Crippen molar-refractivity contribution in [2.45, 2.75) is 31.2 Å². The van der Waals surface area contributed by atoms with Gasteiger partial charge < -0.3 is 10.0 Å². The third kappa shape index (κ3) is 5.33. The van der Waals surface area contributed by atoms with Gasteiger partial charge in [-0.25, -0.2) is 8.42 Å². The molecule has 0 fully saturated rings. The van der Waals surface area contributed by atoms with Crippen molar-refractivity contribution in [1.82, 2.24) is 9.62 Å². The van der Waals surface area contributed by atoms with Gasteiger partial charge >= 0.3 is 5.97 Å². The molecule has 1 aromatic carbocycles. The quantitative estimate of drug-likeness (QED) is 0.774. The summed E-state index contributed by atoms with van der Waals surface area (Å²) in [6.07, 6.45) is 0.186. The lowest BCUT2D eigenvalue weighted by molar-refractivity contribution is -0.139. The van der Waals surface area contributed by atoms with Crippen molar-refractivity contribution in [2.75, 3.05) is 14.1 Å². The molecule has 1 aromatic rings. The van der Waals surface area contributed by atoms with E-state index in [0.29, 0.717) is 5.56 Å². The predicted octanol–water partition coefficient (Wildman–Crippen LogP) is 1.17. The number of carbonyl (C=O) groups excluding carboxylic acids is 1. The Morgan fingerprint density at radius 1 is 1.17 bits per heavy atom. The molecule has 0 spiro atoms. The van der Waals surface area contributed by atoms with Gasteiger partial charge in [0.1, 0.15) is 6.04 Å². The Hall–Kier alpha value is -1.93. The predicted molar refractivity (Wildman–Crippen MR) is 85.7 cm³/mol. The Labute approximate surface area is 136 Å². The van der Waals surface area contributed by atoms with Gasteiger partial charge in [-0.3, -0.25) is 9.59 Å². The van der Waals surface area contributed by atoms with Crippen LogP contribution in [0.4, 0.5) is 0 Å². The average Bonchev–Trinajstić information content (AvgIpc) is 2.45. The maximum absolute atomic E-state index is 12.3. The van der Waals surface area contributed by atoms with Crippen LogP contribution in [0, 0.1) is 5.92 Å². The van der Waals surface area contributed by atoms with Crippen molar-refractivity contribution in [3.8, 4) is 0 Å². The van der Waals surface area contributed by atoms with Gasteiger partial charge in [-0.1, -0.05) is 13.8 Å². The van der Waals surface area contributed by atoms with Gasteiger partial charge in [0.2, 0.25) is 10.0 Å². The first kappa shape index (κ1) is 19.1. The zero-order valence-electron chi connectivity index (χ0n) is 13.6. The number of rotatable bonds is 7. The summed E-state index contributed by atoms with van der Waals surface area (Å²) in [5.74, 6) is -1.44. The van der Waals surface area contributed by atoms with Crippen LogP contribution in [0.3, 0.4) is 0 Å². The topological polar surface area (TPSA) is 104 Å². The number of hydrogen-bond acceptors (Lipinski definition) is 4. The summed E-state index contributed by atoms with van der Waals surface area (Å²) < 4.78 is 26.7. The van der Waals surface area contributed by atoms with Crippen LogP contribution in [-0.4, -0.2) is 50.4 Å². The molecule has 0 radical (unpaired) electrons. The largest absolute Gasteiger partial charge is 0.480 e. The number of aliphatic carboxylic acids is 1. The number of benzene rings is 1. The first-order valence-electron chi connectivity index (χ1n) is 7.11. The van der Waals surface area contributed by atoms with E-state index in [9.17, 15) is 18.0 Å². The minimum Gasteiger partial charge on any atom is -0.480 e. The van der Waals surface area contributed by atoms with E-state index in [1.165, 1.54) is 29.2 Å². The number of carbonyl (C=O) groups is 2. The van der Waals surface area contributed by atoms with Gasteiger partial charge in [-0.05, 0) is 36.6 Å². The van der Waals surface area contributed by atoms with E-state index in [1.807, 2.05) is 13.8 Å². The van der Waals surface area contributed by atoms with Gasteiger partial charge in [0, 0.05) is 19.7 Å². The first-order chi connectivity index (χ1) is 10.5. The molecule has 128 valence electrons.